The number of carbonyl (C=O) groups excluding carboxylic acids is 1. The Morgan fingerprint density at radius 2 is 1.84 bits per heavy atom. The number of aryl methyl sites for hydroxylation is 1. The number of rotatable bonds is 5. The molecule has 0 fully saturated rings. The van der Waals surface area contributed by atoms with Crippen molar-refractivity contribution in [3.8, 4) is 0 Å². The standard InChI is InChI=1S/C29H30N4O3S/c1-7-36-28(35)25-17(2)30-29-33(26(25)19-12-14-20(15-13-19)31(4)5)27(34)24(37-29)16-22-18(3)32(6)23-11-9-8-10-21(22)23/h8-16,26H,7H2,1-6H3/b24-16-/t26-/m0/s1. The van der Waals surface area contributed by atoms with Crippen LogP contribution in [0.4, 0.5) is 5.69 Å². The van der Waals surface area contributed by atoms with Gasteiger partial charge in [-0.3, -0.25) is 9.36 Å². The summed E-state index contributed by atoms with van der Waals surface area (Å²) in [6.07, 6.45) is 1.96. The number of allylic oxidation sites excluding steroid dienone is 1. The second kappa shape index (κ2) is 9.52. The molecular formula is C29H30N4O3S. The number of fused-ring (bicyclic) bond motifs is 2. The Bertz CT molecular complexity index is 1740. The number of esters is 1. The predicted octanol–water partition coefficient (Wildman–Crippen LogP) is 3.66. The molecule has 2 aromatic carbocycles. The Kier molecular flexibility index (Phi) is 6.37. The van der Waals surface area contributed by atoms with Crippen molar-refractivity contribution in [2.24, 2.45) is 12.0 Å². The van der Waals surface area contributed by atoms with Crippen molar-refractivity contribution < 1.29 is 9.53 Å². The van der Waals surface area contributed by atoms with Crippen molar-refractivity contribution in [2.75, 3.05) is 25.6 Å². The summed E-state index contributed by atoms with van der Waals surface area (Å²) in [6, 6.07) is 15.5. The Labute approximate surface area is 219 Å². The number of thiazole rings is 1. The molecule has 0 radical (unpaired) electrons. The normalized spacial score (nSPS) is 15.6. The van der Waals surface area contributed by atoms with Crippen LogP contribution in [0.25, 0.3) is 17.0 Å². The first-order valence-corrected chi connectivity index (χ1v) is 13.1. The van der Waals surface area contributed by atoms with Crippen molar-refractivity contribution in [3.63, 3.8) is 0 Å². The average Bonchev–Trinajstić information content (AvgIpc) is 3.32. The van der Waals surface area contributed by atoms with Gasteiger partial charge in [-0.1, -0.05) is 41.7 Å². The van der Waals surface area contributed by atoms with Gasteiger partial charge in [0, 0.05) is 49.0 Å². The van der Waals surface area contributed by atoms with Crippen LogP contribution in [0.1, 0.15) is 36.7 Å². The fraction of sp³-hybridized carbons (Fsp3) is 0.276. The lowest BCUT2D eigenvalue weighted by Crippen LogP contribution is -2.40. The highest BCUT2D eigenvalue weighted by atomic mass is 32.1. The summed E-state index contributed by atoms with van der Waals surface area (Å²) < 4.78 is 9.75. The zero-order chi connectivity index (χ0) is 26.4. The summed E-state index contributed by atoms with van der Waals surface area (Å²) >= 11 is 1.35. The molecule has 0 unspecified atom stereocenters. The Hall–Kier alpha value is -3.91. The van der Waals surface area contributed by atoms with Crippen LogP contribution >= 0.6 is 11.3 Å². The third kappa shape index (κ3) is 4.11. The van der Waals surface area contributed by atoms with Gasteiger partial charge < -0.3 is 14.2 Å². The van der Waals surface area contributed by atoms with Crippen molar-refractivity contribution in [2.45, 2.75) is 26.8 Å². The fourth-order valence-corrected chi connectivity index (χ4v) is 5.95. The summed E-state index contributed by atoms with van der Waals surface area (Å²) in [5.41, 5.74) is 5.83. The number of nitrogens with zero attached hydrogens (tertiary/aromatic N) is 4. The van der Waals surface area contributed by atoms with E-state index in [-0.39, 0.29) is 12.2 Å². The summed E-state index contributed by atoms with van der Waals surface area (Å²) in [6.45, 7) is 5.88. The highest BCUT2D eigenvalue weighted by molar-refractivity contribution is 7.07. The molecule has 37 heavy (non-hydrogen) atoms. The number of carbonyl (C=O) groups is 1. The maximum Gasteiger partial charge on any atom is 0.338 e. The molecule has 3 heterocycles. The molecule has 7 nitrogen and oxygen atoms in total. The number of aromatic nitrogens is 2. The van der Waals surface area contributed by atoms with Crippen molar-refractivity contribution in [1.29, 1.82) is 0 Å². The maximum atomic E-state index is 14.0. The van der Waals surface area contributed by atoms with Crippen LogP contribution in [0.3, 0.4) is 0 Å². The van der Waals surface area contributed by atoms with E-state index < -0.39 is 12.0 Å². The SMILES string of the molecule is CCOC(=O)C1=C(C)N=c2s/c(=C\c3c(C)n(C)c4ccccc34)c(=O)n2[C@H]1c1ccc(N(C)C)cc1. The molecule has 0 N–H and O–H groups in total. The number of hydrogen-bond donors (Lipinski definition) is 0. The van der Waals surface area contributed by atoms with Crippen molar-refractivity contribution >= 4 is 40.0 Å². The van der Waals surface area contributed by atoms with E-state index in [0.29, 0.717) is 20.6 Å². The van der Waals surface area contributed by atoms with E-state index >= 15 is 0 Å². The van der Waals surface area contributed by atoms with Gasteiger partial charge in [-0.15, -0.1) is 0 Å². The Morgan fingerprint density at radius 3 is 2.51 bits per heavy atom. The fourth-order valence-electron chi connectivity index (χ4n) is 4.93. The van der Waals surface area contributed by atoms with Crippen LogP contribution < -0.4 is 19.8 Å². The summed E-state index contributed by atoms with van der Waals surface area (Å²) in [4.78, 5) is 34.3. The first-order chi connectivity index (χ1) is 17.7. The van der Waals surface area contributed by atoms with Crippen LogP contribution in [-0.2, 0) is 16.6 Å². The largest absolute Gasteiger partial charge is 0.463 e. The average molecular weight is 515 g/mol. The molecule has 1 aliphatic heterocycles. The smallest absolute Gasteiger partial charge is 0.338 e. The number of ether oxygens (including phenoxy) is 1. The molecule has 8 heteroatoms. The van der Waals surface area contributed by atoms with Gasteiger partial charge in [-0.05, 0) is 50.6 Å². The van der Waals surface area contributed by atoms with Crippen molar-refractivity contribution in [3.05, 3.63) is 96.3 Å². The summed E-state index contributed by atoms with van der Waals surface area (Å²) in [5.74, 6) is -0.454. The number of anilines is 1. The second-order valence-electron chi connectivity index (χ2n) is 9.36. The van der Waals surface area contributed by atoms with Crippen molar-refractivity contribution in [1.82, 2.24) is 9.13 Å². The molecule has 190 valence electrons. The zero-order valence-corrected chi connectivity index (χ0v) is 22.7. The third-order valence-corrected chi connectivity index (χ3v) is 7.95. The quantitative estimate of drug-likeness (QED) is 0.381. The molecule has 1 atom stereocenters. The first kappa shape index (κ1) is 24.8. The van der Waals surface area contributed by atoms with E-state index in [1.165, 1.54) is 11.3 Å². The van der Waals surface area contributed by atoms with E-state index in [2.05, 4.69) is 23.6 Å². The van der Waals surface area contributed by atoms with Gasteiger partial charge in [0.1, 0.15) is 0 Å². The van der Waals surface area contributed by atoms with Crippen LogP contribution in [-0.4, -0.2) is 35.8 Å². The maximum absolute atomic E-state index is 14.0. The molecule has 0 saturated carbocycles. The van der Waals surface area contributed by atoms with E-state index in [0.717, 1.165) is 33.4 Å². The van der Waals surface area contributed by atoms with E-state index in [4.69, 9.17) is 9.73 Å². The number of para-hydroxylation sites is 1. The van der Waals surface area contributed by atoms with E-state index in [9.17, 15) is 9.59 Å². The molecule has 0 saturated heterocycles. The molecule has 4 aromatic rings. The summed E-state index contributed by atoms with van der Waals surface area (Å²) in [7, 11) is 5.98. The van der Waals surface area contributed by atoms with Gasteiger partial charge >= 0.3 is 5.97 Å². The van der Waals surface area contributed by atoms with Crippen LogP contribution in [0.2, 0.25) is 0 Å². The Morgan fingerprint density at radius 1 is 1.14 bits per heavy atom. The number of hydrogen-bond acceptors (Lipinski definition) is 6. The van der Waals surface area contributed by atoms with Crippen LogP contribution in [0.15, 0.2) is 69.6 Å². The molecule has 0 spiro atoms. The van der Waals surface area contributed by atoms with Crippen LogP contribution in [0.5, 0.6) is 0 Å². The molecule has 0 amide bonds. The predicted molar refractivity (Wildman–Crippen MR) is 149 cm³/mol. The molecule has 5 rings (SSSR count). The van der Waals surface area contributed by atoms with Gasteiger partial charge in [0.2, 0.25) is 0 Å². The lowest BCUT2D eigenvalue weighted by atomic mass is 9.95. The van der Waals surface area contributed by atoms with Crippen LogP contribution in [0, 0.1) is 6.92 Å². The minimum Gasteiger partial charge on any atom is -0.463 e. The molecular weight excluding hydrogens is 484 g/mol. The topological polar surface area (TPSA) is 68.8 Å². The van der Waals surface area contributed by atoms with Gasteiger partial charge in [0.25, 0.3) is 5.56 Å². The monoisotopic (exact) mass is 514 g/mol. The minimum atomic E-state index is -0.623. The molecule has 2 aromatic heterocycles. The first-order valence-electron chi connectivity index (χ1n) is 12.2. The summed E-state index contributed by atoms with van der Waals surface area (Å²) in [5, 5.41) is 1.09. The van der Waals surface area contributed by atoms with E-state index in [1.54, 1.807) is 18.4 Å². The zero-order valence-electron chi connectivity index (χ0n) is 21.9. The second-order valence-corrected chi connectivity index (χ2v) is 10.4. The highest BCUT2D eigenvalue weighted by Crippen LogP contribution is 2.32. The minimum absolute atomic E-state index is 0.174. The Balaban J connectivity index is 1.75. The number of benzene rings is 2. The highest BCUT2D eigenvalue weighted by Gasteiger charge is 2.33. The van der Waals surface area contributed by atoms with Gasteiger partial charge in [-0.2, -0.15) is 0 Å². The van der Waals surface area contributed by atoms with Gasteiger partial charge in [-0.25, -0.2) is 9.79 Å². The third-order valence-electron chi connectivity index (χ3n) is 6.97. The lowest BCUT2D eigenvalue weighted by Gasteiger charge is -2.25. The molecule has 0 bridgehead atoms. The van der Waals surface area contributed by atoms with Gasteiger partial charge in [0.05, 0.1) is 28.5 Å². The molecule has 0 aliphatic carbocycles. The van der Waals surface area contributed by atoms with E-state index in [1.807, 2.05) is 68.5 Å². The lowest BCUT2D eigenvalue weighted by molar-refractivity contribution is -0.139. The van der Waals surface area contributed by atoms with Gasteiger partial charge in [0.15, 0.2) is 4.80 Å². The molecule has 1 aliphatic rings.